The number of amides is 4. The number of hydroxylamine groups is 2. The van der Waals surface area contributed by atoms with Crippen molar-refractivity contribution in [2.75, 3.05) is 12.3 Å². The second kappa shape index (κ2) is 10.2. The average molecular weight is 499 g/mol. The van der Waals surface area contributed by atoms with Gasteiger partial charge in [-0.25, -0.2) is 18.3 Å². The molecule has 2 aromatic carbocycles. The van der Waals surface area contributed by atoms with Crippen molar-refractivity contribution >= 4 is 28.2 Å². The van der Waals surface area contributed by atoms with E-state index in [0.29, 0.717) is 0 Å². The van der Waals surface area contributed by atoms with Crippen LogP contribution in [0.15, 0.2) is 53.4 Å². The van der Waals surface area contributed by atoms with Gasteiger partial charge in [-0.15, -0.1) is 0 Å². The molecule has 1 heterocycles. The summed E-state index contributed by atoms with van der Waals surface area (Å²) in [7, 11) is -3.93. The van der Waals surface area contributed by atoms with E-state index in [4.69, 9.17) is 5.26 Å². The molecule has 0 aliphatic carbocycles. The van der Waals surface area contributed by atoms with E-state index in [2.05, 4.69) is 11.4 Å². The summed E-state index contributed by atoms with van der Waals surface area (Å²) in [5.74, 6) is -1.08. The molecule has 0 saturated carbocycles. The summed E-state index contributed by atoms with van der Waals surface area (Å²) >= 11 is 0. The second-order valence-electron chi connectivity index (χ2n) is 8.78. The van der Waals surface area contributed by atoms with Gasteiger partial charge in [0, 0.05) is 6.54 Å². The summed E-state index contributed by atoms with van der Waals surface area (Å²) in [6.45, 7) is 2.92. The van der Waals surface area contributed by atoms with Gasteiger partial charge in [-0.1, -0.05) is 36.4 Å². The first-order valence-electron chi connectivity index (χ1n) is 10.8. The minimum Gasteiger partial charge on any atom is -0.324 e. The summed E-state index contributed by atoms with van der Waals surface area (Å²) < 4.78 is 26.1. The number of nitriles is 1. The third-order valence-electron chi connectivity index (χ3n) is 5.78. The van der Waals surface area contributed by atoms with E-state index in [9.17, 15) is 28.0 Å². The zero-order valence-electron chi connectivity index (χ0n) is 19.3. The van der Waals surface area contributed by atoms with Crippen LogP contribution < -0.4 is 5.32 Å². The van der Waals surface area contributed by atoms with Crippen LogP contribution in [0.2, 0.25) is 0 Å². The highest BCUT2D eigenvalue weighted by atomic mass is 32.2. The summed E-state index contributed by atoms with van der Waals surface area (Å²) in [6.07, 6.45) is 0.221. The number of nitrogens with zero attached hydrogens (tertiary/aromatic N) is 3. The van der Waals surface area contributed by atoms with Gasteiger partial charge in [0.15, 0.2) is 9.84 Å². The number of imide groups is 1. The first kappa shape index (κ1) is 25.9. The molecule has 0 bridgehead atoms. The van der Waals surface area contributed by atoms with Crippen molar-refractivity contribution in [2.45, 2.75) is 43.2 Å². The van der Waals surface area contributed by atoms with Crippen molar-refractivity contribution in [3.63, 3.8) is 0 Å². The topological polar surface area (TPSA) is 148 Å². The van der Waals surface area contributed by atoms with Crippen molar-refractivity contribution < 1.29 is 28.0 Å². The maximum atomic E-state index is 13.0. The molecule has 2 aromatic rings. The molecule has 11 heteroatoms. The zero-order chi connectivity index (χ0) is 25.8. The third-order valence-corrected chi connectivity index (χ3v) is 7.60. The van der Waals surface area contributed by atoms with Crippen molar-refractivity contribution in [3.05, 3.63) is 54.1 Å². The number of benzene rings is 2. The molecule has 2 N–H and O–H groups in total. The molecule has 1 atom stereocenters. The SMILES string of the molecule is CC1(C)NC(=O)N(CC[C@H](CS(=O)(=O)c2ccc(-c3cccc(CC#N)c3)cc2)N(O)C=O)C1=O. The van der Waals surface area contributed by atoms with Crippen LogP contribution in [0.4, 0.5) is 4.79 Å². The van der Waals surface area contributed by atoms with E-state index < -0.39 is 39.1 Å². The Balaban J connectivity index is 1.75. The van der Waals surface area contributed by atoms with Crippen molar-refractivity contribution in [2.24, 2.45) is 0 Å². The van der Waals surface area contributed by atoms with Gasteiger partial charge in [-0.2, -0.15) is 5.26 Å². The minimum absolute atomic E-state index is 0.00477. The third kappa shape index (κ3) is 5.85. The Labute approximate surface area is 203 Å². The van der Waals surface area contributed by atoms with E-state index in [1.165, 1.54) is 12.1 Å². The van der Waals surface area contributed by atoms with Gasteiger partial charge in [-0.3, -0.25) is 19.7 Å². The van der Waals surface area contributed by atoms with Crippen molar-refractivity contribution in [3.8, 4) is 17.2 Å². The summed E-state index contributed by atoms with van der Waals surface area (Å²) in [5.41, 5.74) is 1.35. The van der Waals surface area contributed by atoms with Gasteiger partial charge in [0.05, 0.1) is 29.2 Å². The van der Waals surface area contributed by atoms with Crippen LogP contribution in [-0.4, -0.2) is 65.8 Å². The lowest BCUT2D eigenvalue weighted by Gasteiger charge is -2.24. The van der Waals surface area contributed by atoms with Gasteiger partial charge in [0.1, 0.15) is 5.54 Å². The maximum absolute atomic E-state index is 13.0. The largest absolute Gasteiger partial charge is 0.325 e. The molecule has 1 fully saturated rings. The molecular weight excluding hydrogens is 472 g/mol. The Morgan fingerprint density at radius 3 is 2.43 bits per heavy atom. The lowest BCUT2D eigenvalue weighted by molar-refractivity contribution is -0.158. The van der Waals surface area contributed by atoms with Gasteiger partial charge in [-0.05, 0) is 49.1 Å². The van der Waals surface area contributed by atoms with Crippen LogP contribution in [-0.2, 0) is 25.8 Å². The Kier molecular flexibility index (Phi) is 7.57. The Morgan fingerprint density at radius 2 is 1.86 bits per heavy atom. The molecule has 0 spiro atoms. The van der Waals surface area contributed by atoms with E-state index >= 15 is 0 Å². The number of rotatable bonds is 10. The number of sulfone groups is 1. The number of nitrogens with one attached hydrogen (secondary N) is 1. The number of hydrogen-bond donors (Lipinski definition) is 2. The molecule has 1 aliphatic rings. The predicted molar refractivity (Wildman–Crippen MR) is 126 cm³/mol. The lowest BCUT2D eigenvalue weighted by atomic mass is 10.0. The Morgan fingerprint density at radius 1 is 1.17 bits per heavy atom. The Hall–Kier alpha value is -3.75. The van der Waals surface area contributed by atoms with E-state index in [-0.39, 0.29) is 35.8 Å². The molecule has 1 saturated heterocycles. The van der Waals surface area contributed by atoms with Crippen LogP contribution in [0.3, 0.4) is 0 Å². The summed E-state index contributed by atoms with van der Waals surface area (Å²) in [4.78, 5) is 36.6. The molecule has 0 unspecified atom stereocenters. The van der Waals surface area contributed by atoms with Crippen molar-refractivity contribution in [1.29, 1.82) is 5.26 Å². The summed E-state index contributed by atoms with van der Waals surface area (Å²) in [5, 5.41) is 21.6. The lowest BCUT2D eigenvalue weighted by Crippen LogP contribution is -2.42. The number of carbonyl (C=O) groups excluding carboxylic acids is 3. The fourth-order valence-electron chi connectivity index (χ4n) is 3.83. The van der Waals surface area contributed by atoms with E-state index in [1.54, 1.807) is 26.0 Å². The molecule has 1 aliphatic heterocycles. The smallest absolute Gasteiger partial charge is 0.324 e. The second-order valence-corrected chi connectivity index (χ2v) is 10.8. The van der Waals surface area contributed by atoms with Crippen molar-refractivity contribution in [1.82, 2.24) is 15.3 Å². The number of hydrogen-bond acceptors (Lipinski definition) is 7. The highest BCUT2D eigenvalue weighted by molar-refractivity contribution is 7.91. The normalized spacial score (nSPS) is 15.9. The fraction of sp³-hybridized carbons (Fsp3) is 0.333. The highest BCUT2D eigenvalue weighted by Crippen LogP contribution is 2.24. The van der Waals surface area contributed by atoms with Crippen LogP contribution in [0.1, 0.15) is 25.8 Å². The van der Waals surface area contributed by atoms with Gasteiger partial charge in [0.2, 0.25) is 6.41 Å². The molecular formula is C24H26N4O6S. The number of urea groups is 1. The monoisotopic (exact) mass is 498 g/mol. The predicted octanol–water partition coefficient (Wildman–Crippen LogP) is 2.13. The zero-order valence-corrected chi connectivity index (χ0v) is 20.2. The molecule has 10 nitrogen and oxygen atoms in total. The van der Waals surface area contributed by atoms with Crippen LogP contribution in [0.5, 0.6) is 0 Å². The molecule has 4 amide bonds. The van der Waals surface area contributed by atoms with Crippen LogP contribution in [0.25, 0.3) is 11.1 Å². The van der Waals surface area contributed by atoms with E-state index in [1.807, 2.05) is 24.3 Å². The molecule has 184 valence electrons. The molecule has 0 aromatic heterocycles. The first-order chi connectivity index (χ1) is 16.5. The van der Waals surface area contributed by atoms with Crippen LogP contribution >= 0.6 is 0 Å². The minimum atomic E-state index is -3.93. The fourth-order valence-corrected chi connectivity index (χ4v) is 5.40. The van der Waals surface area contributed by atoms with E-state index in [0.717, 1.165) is 21.6 Å². The quantitative estimate of drug-likeness (QED) is 0.221. The molecule has 3 rings (SSSR count). The van der Waals surface area contributed by atoms with Gasteiger partial charge >= 0.3 is 6.03 Å². The maximum Gasteiger partial charge on any atom is 0.325 e. The molecule has 0 radical (unpaired) electrons. The summed E-state index contributed by atoms with van der Waals surface area (Å²) in [6, 6.07) is 13.8. The Bertz CT molecular complexity index is 1270. The van der Waals surface area contributed by atoms with Crippen LogP contribution in [0, 0.1) is 11.3 Å². The van der Waals surface area contributed by atoms with Gasteiger partial charge < -0.3 is 5.32 Å². The number of carbonyl (C=O) groups is 3. The highest BCUT2D eigenvalue weighted by Gasteiger charge is 2.44. The molecule has 35 heavy (non-hydrogen) atoms. The first-order valence-corrected chi connectivity index (χ1v) is 12.5. The van der Waals surface area contributed by atoms with Gasteiger partial charge in [0.25, 0.3) is 5.91 Å². The standard InChI is InChI=1S/C24H26N4O6S/c1-24(2)22(30)27(23(31)26-24)13-11-20(28(32)16-29)15-35(33,34)21-8-6-18(7-9-21)19-5-3-4-17(14-19)10-12-25/h3-9,14,16,20,32H,10-11,13,15H2,1-2H3,(H,26,31)/t20-/m1/s1. The average Bonchev–Trinajstić information content (AvgIpc) is 3.02.